The number of hydrogen-bond donors (Lipinski definition) is 2. The van der Waals surface area contributed by atoms with Crippen molar-refractivity contribution in [1.29, 1.82) is 0 Å². The number of rotatable bonds is 5. The van der Waals surface area contributed by atoms with Crippen molar-refractivity contribution in [3.8, 4) is 0 Å². The molecule has 0 spiro atoms. The second-order valence-corrected chi connectivity index (χ2v) is 8.84. The van der Waals surface area contributed by atoms with Gasteiger partial charge in [0.05, 0.1) is 5.69 Å². The van der Waals surface area contributed by atoms with E-state index < -0.39 is 11.8 Å². The molecule has 0 fully saturated rings. The van der Waals surface area contributed by atoms with Crippen molar-refractivity contribution in [2.24, 2.45) is 0 Å². The molecule has 0 saturated carbocycles. The van der Waals surface area contributed by atoms with Gasteiger partial charge in [-0.3, -0.25) is 14.4 Å². The predicted molar refractivity (Wildman–Crippen MR) is 135 cm³/mol. The minimum absolute atomic E-state index is 0.0297. The van der Waals surface area contributed by atoms with Crippen molar-refractivity contribution in [3.05, 3.63) is 99.2 Å². The Labute approximate surface area is 203 Å². The van der Waals surface area contributed by atoms with Gasteiger partial charge in [-0.1, -0.05) is 35.9 Å². The third kappa shape index (κ3) is 4.58. The molecule has 0 bridgehead atoms. The van der Waals surface area contributed by atoms with Gasteiger partial charge >= 0.3 is 0 Å². The van der Waals surface area contributed by atoms with E-state index in [9.17, 15) is 14.4 Å². The van der Waals surface area contributed by atoms with E-state index in [2.05, 4.69) is 10.6 Å². The molecule has 3 aromatic carbocycles. The van der Waals surface area contributed by atoms with Crippen LogP contribution in [0.5, 0.6) is 0 Å². The molecule has 0 unspecified atom stereocenters. The zero-order valence-corrected chi connectivity index (χ0v) is 20.1. The zero-order chi connectivity index (χ0) is 24.6. The summed E-state index contributed by atoms with van der Waals surface area (Å²) in [6, 6.07) is 18.0. The molecule has 0 atom stereocenters. The maximum absolute atomic E-state index is 13.1. The van der Waals surface area contributed by atoms with Gasteiger partial charge in [-0.25, -0.2) is 4.90 Å². The lowest BCUT2D eigenvalue weighted by Gasteiger charge is -2.16. The Hall–Kier alpha value is -3.90. The number of amides is 3. The average Bonchev–Trinajstić information content (AvgIpc) is 2.99. The number of benzene rings is 3. The summed E-state index contributed by atoms with van der Waals surface area (Å²) >= 11 is 6.27. The highest BCUT2D eigenvalue weighted by atomic mass is 35.5. The molecule has 7 heteroatoms. The summed E-state index contributed by atoms with van der Waals surface area (Å²) < 4.78 is 0. The molecule has 0 saturated heterocycles. The maximum atomic E-state index is 13.1. The van der Waals surface area contributed by atoms with Gasteiger partial charge in [-0.2, -0.15) is 0 Å². The van der Waals surface area contributed by atoms with Crippen LogP contribution in [0.3, 0.4) is 0 Å². The Bertz CT molecular complexity index is 1360. The number of nitrogens with zero attached hydrogens (tertiary/aromatic N) is 1. The van der Waals surface area contributed by atoms with Crippen molar-refractivity contribution in [2.75, 3.05) is 15.5 Å². The highest BCUT2D eigenvalue weighted by Crippen LogP contribution is 2.31. The Balaban J connectivity index is 1.56. The number of nitrogens with one attached hydrogen (secondary N) is 2. The Morgan fingerprint density at radius 3 is 2.24 bits per heavy atom. The summed E-state index contributed by atoms with van der Waals surface area (Å²) in [7, 11) is 0. The van der Waals surface area contributed by atoms with Gasteiger partial charge in [0.25, 0.3) is 17.7 Å². The van der Waals surface area contributed by atoms with Crippen molar-refractivity contribution in [1.82, 2.24) is 0 Å². The van der Waals surface area contributed by atoms with Crippen LogP contribution < -0.4 is 15.5 Å². The van der Waals surface area contributed by atoms with Crippen molar-refractivity contribution in [3.63, 3.8) is 0 Å². The Morgan fingerprint density at radius 1 is 0.824 bits per heavy atom. The third-order valence-corrected chi connectivity index (χ3v) is 5.88. The van der Waals surface area contributed by atoms with E-state index in [0.717, 1.165) is 32.8 Å². The van der Waals surface area contributed by atoms with Crippen LogP contribution in [-0.4, -0.2) is 17.7 Å². The van der Waals surface area contributed by atoms with Crippen LogP contribution >= 0.6 is 11.6 Å². The molecule has 3 amide bonds. The van der Waals surface area contributed by atoms with Crippen molar-refractivity contribution in [2.45, 2.75) is 27.7 Å². The predicted octanol–water partition coefficient (Wildman–Crippen LogP) is 5.61. The molecule has 172 valence electrons. The highest BCUT2D eigenvalue weighted by molar-refractivity contribution is 6.53. The van der Waals surface area contributed by atoms with E-state index >= 15 is 0 Å². The lowest BCUT2D eigenvalue weighted by Crippen LogP contribution is -2.32. The molecule has 0 aromatic heterocycles. The number of halogens is 1. The number of carbonyl (C=O) groups is 3. The number of imide groups is 1. The lowest BCUT2D eigenvalue weighted by atomic mass is 10.1. The van der Waals surface area contributed by atoms with Gasteiger partial charge in [0.2, 0.25) is 0 Å². The molecule has 0 radical (unpaired) electrons. The molecule has 34 heavy (non-hydrogen) atoms. The number of anilines is 3. The van der Waals surface area contributed by atoms with Crippen LogP contribution in [0.1, 0.15) is 32.6 Å². The molecule has 1 aliphatic rings. The Morgan fingerprint density at radius 2 is 1.53 bits per heavy atom. The largest absolute Gasteiger partial charge is 0.350 e. The van der Waals surface area contributed by atoms with E-state index in [-0.39, 0.29) is 16.6 Å². The first-order valence-corrected chi connectivity index (χ1v) is 11.1. The summed E-state index contributed by atoms with van der Waals surface area (Å²) in [6.45, 7) is 7.67. The first kappa shape index (κ1) is 23.3. The molecular weight excluding hydrogens is 450 g/mol. The van der Waals surface area contributed by atoms with Crippen LogP contribution in [0.4, 0.5) is 17.1 Å². The fourth-order valence-electron chi connectivity index (χ4n) is 3.87. The minimum atomic E-state index is -0.594. The Kier molecular flexibility index (Phi) is 6.26. The van der Waals surface area contributed by atoms with E-state index in [4.69, 9.17) is 11.6 Å². The van der Waals surface area contributed by atoms with Gasteiger partial charge < -0.3 is 10.6 Å². The van der Waals surface area contributed by atoms with Crippen LogP contribution in [0, 0.1) is 27.7 Å². The smallest absolute Gasteiger partial charge is 0.283 e. The SMILES string of the molecule is Cc1cc(C)cc(N2C(=O)C(Cl)=C(Nc3cccc(C(=O)Nc4cc(C)ccc4C)c3)C2=O)c1. The molecule has 6 nitrogen and oxygen atoms in total. The maximum Gasteiger partial charge on any atom is 0.283 e. The summed E-state index contributed by atoms with van der Waals surface area (Å²) in [4.78, 5) is 39.8. The van der Waals surface area contributed by atoms with Gasteiger partial charge in [-0.05, 0) is 86.3 Å². The molecule has 1 heterocycles. The van der Waals surface area contributed by atoms with Crippen molar-refractivity contribution < 1.29 is 14.4 Å². The standard InChI is InChI=1S/C27H24ClN3O3/c1-15-8-9-18(4)22(13-15)30-25(32)19-6-5-7-20(14-19)29-24-23(28)26(33)31(27(24)34)21-11-16(2)10-17(3)12-21/h5-14,29H,1-4H3,(H,30,32). The number of aryl methyl sites for hydroxylation is 4. The van der Waals surface area contributed by atoms with Crippen LogP contribution in [0.25, 0.3) is 0 Å². The van der Waals surface area contributed by atoms with Crippen LogP contribution in [0.15, 0.2) is 71.4 Å². The zero-order valence-electron chi connectivity index (χ0n) is 19.3. The average molecular weight is 474 g/mol. The fraction of sp³-hybridized carbons (Fsp3) is 0.148. The monoisotopic (exact) mass is 473 g/mol. The molecule has 3 aromatic rings. The first-order chi connectivity index (χ1) is 16.1. The van der Waals surface area contributed by atoms with Gasteiger partial charge in [0, 0.05) is 16.9 Å². The third-order valence-electron chi connectivity index (χ3n) is 5.53. The summed E-state index contributed by atoms with van der Waals surface area (Å²) in [5, 5.41) is 5.65. The van der Waals surface area contributed by atoms with Crippen molar-refractivity contribution >= 4 is 46.4 Å². The summed E-state index contributed by atoms with van der Waals surface area (Å²) in [5.41, 5.74) is 5.86. The first-order valence-electron chi connectivity index (χ1n) is 10.8. The van der Waals surface area contributed by atoms with E-state index in [1.54, 1.807) is 36.4 Å². The molecule has 0 aliphatic carbocycles. The molecular formula is C27H24ClN3O3. The van der Waals surface area contributed by atoms with E-state index in [1.807, 2.05) is 52.0 Å². The topological polar surface area (TPSA) is 78.5 Å². The summed E-state index contributed by atoms with van der Waals surface area (Å²) in [6.07, 6.45) is 0. The second kappa shape index (κ2) is 9.15. The molecule has 2 N–H and O–H groups in total. The quantitative estimate of drug-likeness (QED) is 0.472. The normalized spacial score (nSPS) is 13.5. The highest BCUT2D eigenvalue weighted by Gasteiger charge is 2.39. The van der Waals surface area contributed by atoms with Gasteiger partial charge in [0.15, 0.2) is 0 Å². The van der Waals surface area contributed by atoms with Crippen LogP contribution in [0.2, 0.25) is 0 Å². The van der Waals surface area contributed by atoms with Crippen LogP contribution in [-0.2, 0) is 9.59 Å². The fourth-order valence-corrected chi connectivity index (χ4v) is 4.09. The lowest BCUT2D eigenvalue weighted by molar-refractivity contribution is -0.120. The van der Waals surface area contributed by atoms with Gasteiger partial charge in [0.1, 0.15) is 10.7 Å². The molecule has 4 rings (SSSR count). The molecule has 1 aliphatic heterocycles. The van der Waals surface area contributed by atoms with E-state index in [1.165, 1.54) is 0 Å². The number of carbonyl (C=O) groups excluding carboxylic acids is 3. The second-order valence-electron chi connectivity index (χ2n) is 8.46. The summed E-state index contributed by atoms with van der Waals surface area (Å²) in [5.74, 6) is -1.43. The van der Waals surface area contributed by atoms with Gasteiger partial charge in [-0.15, -0.1) is 0 Å². The van der Waals surface area contributed by atoms with E-state index in [0.29, 0.717) is 16.9 Å². The number of hydrogen-bond acceptors (Lipinski definition) is 4. The minimum Gasteiger partial charge on any atom is -0.350 e.